The van der Waals surface area contributed by atoms with Crippen LogP contribution in [0.3, 0.4) is 0 Å². The maximum absolute atomic E-state index is 12.7. The summed E-state index contributed by atoms with van der Waals surface area (Å²) in [5.74, 6) is 0. The van der Waals surface area contributed by atoms with Crippen molar-refractivity contribution < 1.29 is 8.42 Å². The first-order valence-corrected chi connectivity index (χ1v) is 9.12. The molecule has 0 aromatic heterocycles. The number of benzene rings is 1. The molecular weight excluding hydrogens is 270 g/mol. The van der Waals surface area contributed by atoms with Crippen molar-refractivity contribution in [3.8, 4) is 0 Å². The maximum Gasteiger partial charge on any atom is 0.181 e. The second-order valence-electron chi connectivity index (χ2n) is 5.80. The third-order valence-electron chi connectivity index (χ3n) is 4.10. The molecule has 0 radical (unpaired) electrons. The van der Waals surface area contributed by atoms with Crippen molar-refractivity contribution in [2.75, 3.05) is 6.54 Å². The fourth-order valence-corrected chi connectivity index (χ4v) is 4.74. The van der Waals surface area contributed by atoms with Crippen LogP contribution in [0.1, 0.15) is 44.6 Å². The van der Waals surface area contributed by atoms with Gasteiger partial charge in [0.2, 0.25) is 0 Å². The SMILES string of the molecule is CCCNC1CCCC(S(=O)(=O)c2ccc(C)cc2)C1. The van der Waals surface area contributed by atoms with Crippen LogP contribution in [0, 0.1) is 6.92 Å². The summed E-state index contributed by atoms with van der Waals surface area (Å²) in [6.45, 7) is 5.08. The summed E-state index contributed by atoms with van der Waals surface area (Å²) in [4.78, 5) is 0.476. The molecule has 1 saturated carbocycles. The average molecular weight is 295 g/mol. The number of hydrogen-bond donors (Lipinski definition) is 1. The summed E-state index contributed by atoms with van der Waals surface area (Å²) < 4.78 is 25.4. The molecule has 2 rings (SSSR count). The molecule has 0 heterocycles. The number of hydrogen-bond acceptors (Lipinski definition) is 3. The van der Waals surface area contributed by atoms with Gasteiger partial charge in [0.05, 0.1) is 10.1 Å². The Kier molecular flexibility index (Phi) is 5.22. The van der Waals surface area contributed by atoms with E-state index in [1.165, 1.54) is 0 Å². The van der Waals surface area contributed by atoms with Crippen LogP contribution in [-0.2, 0) is 9.84 Å². The Morgan fingerprint density at radius 3 is 2.55 bits per heavy atom. The monoisotopic (exact) mass is 295 g/mol. The van der Waals surface area contributed by atoms with E-state index in [9.17, 15) is 8.42 Å². The summed E-state index contributed by atoms with van der Waals surface area (Å²) in [7, 11) is -3.18. The topological polar surface area (TPSA) is 46.2 Å². The van der Waals surface area contributed by atoms with Gasteiger partial charge in [0, 0.05) is 6.04 Å². The first-order chi connectivity index (χ1) is 9.54. The van der Waals surface area contributed by atoms with E-state index in [0.29, 0.717) is 10.9 Å². The Balaban J connectivity index is 2.10. The van der Waals surface area contributed by atoms with Gasteiger partial charge in [-0.2, -0.15) is 0 Å². The van der Waals surface area contributed by atoms with Crippen molar-refractivity contribution in [1.29, 1.82) is 0 Å². The van der Waals surface area contributed by atoms with Crippen LogP contribution in [0.4, 0.5) is 0 Å². The summed E-state index contributed by atoms with van der Waals surface area (Å²) in [5, 5.41) is 3.24. The second-order valence-corrected chi connectivity index (χ2v) is 8.03. The molecule has 0 amide bonds. The highest BCUT2D eigenvalue weighted by Gasteiger charge is 2.32. The van der Waals surface area contributed by atoms with Gasteiger partial charge in [0.25, 0.3) is 0 Å². The molecule has 4 heteroatoms. The van der Waals surface area contributed by atoms with E-state index in [-0.39, 0.29) is 5.25 Å². The third-order valence-corrected chi connectivity index (χ3v) is 6.33. The van der Waals surface area contributed by atoms with Crippen LogP contribution < -0.4 is 5.32 Å². The molecule has 112 valence electrons. The van der Waals surface area contributed by atoms with Crippen LogP contribution in [0.15, 0.2) is 29.2 Å². The summed E-state index contributed by atoms with van der Waals surface area (Å²) in [6.07, 6.45) is 4.72. The summed E-state index contributed by atoms with van der Waals surface area (Å²) in [6, 6.07) is 7.60. The molecule has 0 aliphatic heterocycles. The molecule has 2 atom stereocenters. The van der Waals surface area contributed by atoms with Gasteiger partial charge in [-0.3, -0.25) is 0 Å². The predicted octanol–water partition coefficient (Wildman–Crippen LogP) is 3.08. The van der Waals surface area contributed by atoms with E-state index < -0.39 is 9.84 Å². The van der Waals surface area contributed by atoms with Crippen molar-refractivity contribution in [1.82, 2.24) is 5.32 Å². The van der Waals surface area contributed by atoms with Crippen molar-refractivity contribution >= 4 is 9.84 Å². The highest BCUT2D eigenvalue weighted by molar-refractivity contribution is 7.92. The minimum absolute atomic E-state index is 0.228. The molecule has 1 N–H and O–H groups in total. The number of sulfone groups is 1. The predicted molar refractivity (Wildman–Crippen MR) is 82.7 cm³/mol. The first-order valence-electron chi connectivity index (χ1n) is 7.58. The molecule has 1 aliphatic rings. The average Bonchev–Trinajstić information content (AvgIpc) is 2.46. The molecule has 1 aromatic carbocycles. The van der Waals surface area contributed by atoms with Gasteiger partial charge in [-0.25, -0.2) is 8.42 Å². The van der Waals surface area contributed by atoms with Crippen LogP contribution in [-0.4, -0.2) is 26.3 Å². The lowest BCUT2D eigenvalue weighted by Gasteiger charge is -2.29. The van der Waals surface area contributed by atoms with Gasteiger partial charge in [-0.15, -0.1) is 0 Å². The van der Waals surface area contributed by atoms with Crippen LogP contribution in [0.25, 0.3) is 0 Å². The van der Waals surface area contributed by atoms with Gasteiger partial charge in [0.15, 0.2) is 9.84 Å². The Morgan fingerprint density at radius 1 is 1.20 bits per heavy atom. The molecule has 0 spiro atoms. The van der Waals surface area contributed by atoms with Crippen LogP contribution in [0.5, 0.6) is 0 Å². The third kappa shape index (κ3) is 3.61. The first kappa shape index (κ1) is 15.5. The number of rotatable bonds is 5. The quantitative estimate of drug-likeness (QED) is 0.908. The molecule has 1 aromatic rings. The summed E-state index contributed by atoms with van der Waals surface area (Å²) in [5.41, 5.74) is 1.09. The van der Waals surface area contributed by atoms with Crippen molar-refractivity contribution in [2.45, 2.75) is 62.1 Å². The minimum Gasteiger partial charge on any atom is -0.314 e. The number of nitrogens with one attached hydrogen (secondary N) is 1. The lowest BCUT2D eigenvalue weighted by atomic mass is 9.95. The minimum atomic E-state index is -3.18. The van der Waals surface area contributed by atoms with E-state index in [2.05, 4.69) is 12.2 Å². The smallest absolute Gasteiger partial charge is 0.181 e. The lowest BCUT2D eigenvalue weighted by molar-refractivity contribution is 0.372. The van der Waals surface area contributed by atoms with E-state index in [4.69, 9.17) is 0 Å². The molecule has 2 unspecified atom stereocenters. The van der Waals surface area contributed by atoms with Gasteiger partial charge < -0.3 is 5.32 Å². The largest absolute Gasteiger partial charge is 0.314 e. The molecule has 1 aliphatic carbocycles. The standard InChI is InChI=1S/C16H25NO2S/c1-3-11-17-14-5-4-6-16(12-14)20(18,19)15-9-7-13(2)8-10-15/h7-10,14,16-17H,3-6,11-12H2,1-2H3. The second kappa shape index (κ2) is 6.72. The highest BCUT2D eigenvalue weighted by atomic mass is 32.2. The molecule has 0 bridgehead atoms. The molecule has 3 nitrogen and oxygen atoms in total. The fourth-order valence-electron chi connectivity index (χ4n) is 2.88. The Bertz CT molecular complexity index is 522. The maximum atomic E-state index is 12.7. The van der Waals surface area contributed by atoms with Gasteiger partial charge >= 0.3 is 0 Å². The highest BCUT2D eigenvalue weighted by Crippen LogP contribution is 2.29. The van der Waals surface area contributed by atoms with Crippen molar-refractivity contribution in [3.63, 3.8) is 0 Å². The molecule has 0 saturated heterocycles. The lowest BCUT2D eigenvalue weighted by Crippen LogP contribution is -2.39. The normalized spacial score (nSPS) is 23.7. The zero-order valence-electron chi connectivity index (χ0n) is 12.4. The molecule has 20 heavy (non-hydrogen) atoms. The van der Waals surface area contributed by atoms with Gasteiger partial charge in [-0.05, 0) is 51.3 Å². The number of aryl methyl sites for hydroxylation is 1. The van der Waals surface area contributed by atoms with Crippen molar-refractivity contribution in [3.05, 3.63) is 29.8 Å². The van der Waals surface area contributed by atoms with E-state index in [0.717, 1.165) is 44.2 Å². The van der Waals surface area contributed by atoms with E-state index in [1.807, 2.05) is 19.1 Å². The summed E-state index contributed by atoms with van der Waals surface area (Å²) >= 11 is 0. The van der Waals surface area contributed by atoms with Crippen LogP contribution >= 0.6 is 0 Å². The van der Waals surface area contributed by atoms with Gasteiger partial charge in [0.1, 0.15) is 0 Å². The Labute approximate surface area is 122 Å². The van der Waals surface area contributed by atoms with Crippen LogP contribution in [0.2, 0.25) is 0 Å². The van der Waals surface area contributed by atoms with E-state index in [1.54, 1.807) is 12.1 Å². The zero-order valence-corrected chi connectivity index (χ0v) is 13.2. The molecule has 1 fully saturated rings. The fraction of sp³-hybridized carbons (Fsp3) is 0.625. The van der Waals surface area contributed by atoms with Gasteiger partial charge in [-0.1, -0.05) is 31.0 Å². The van der Waals surface area contributed by atoms with E-state index >= 15 is 0 Å². The van der Waals surface area contributed by atoms with Crippen molar-refractivity contribution in [2.24, 2.45) is 0 Å². The Morgan fingerprint density at radius 2 is 1.90 bits per heavy atom. The molecular formula is C16H25NO2S. The Hall–Kier alpha value is -0.870. The zero-order chi connectivity index (χ0) is 14.6.